The van der Waals surface area contributed by atoms with E-state index in [0.717, 1.165) is 132 Å². The number of rotatable bonds is 24. The van der Waals surface area contributed by atoms with Gasteiger partial charge in [-0.1, -0.05) is 130 Å². The second-order valence-electron chi connectivity index (χ2n) is 18.1. The minimum atomic E-state index is 0.881. The second kappa shape index (κ2) is 24.7. The number of hydrogen-bond donors (Lipinski definition) is 0. The highest BCUT2D eigenvalue weighted by Crippen LogP contribution is 2.35. The Balaban J connectivity index is 1.35. The lowest BCUT2D eigenvalue weighted by Crippen LogP contribution is -2.32. The van der Waals surface area contributed by atoms with Gasteiger partial charge >= 0.3 is 0 Å². The molecule has 0 radical (unpaired) electrons. The van der Waals surface area contributed by atoms with E-state index in [1.807, 2.05) is 0 Å². The van der Waals surface area contributed by atoms with Crippen molar-refractivity contribution in [1.29, 1.82) is 0 Å². The molecule has 0 aliphatic carbocycles. The molecular weight excluding hydrogens is 805 g/mol. The summed E-state index contributed by atoms with van der Waals surface area (Å²) in [7, 11) is 0. The van der Waals surface area contributed by atoms with Crippen molar-refractivity contribution >= 4 is 0 Å². The van der Waals surface area contributed by atoms with E-state index in [-0.39, 0.29) is 0 Å². The highest BCUT2D eigenvalue weighted by molar-refractivity contribution is 5.53. The normalized spacial score (nSPS) is 11.6. The molecule has 0 bridgehead atoms. The van der Waals surface area contributed by atoms with E-state index < -0.39 is 0 Å². The SMILES string of the molecule is CCc1c(CN(CCc2cccc(C)n2)Cc2ccccc2)c(CC)c(CN(CCc2cccc(C)n2)Cc2ccccc2)c(CC)c1CN(CCc1cccc(C)n1)Cc1ccccc1. The first-order chi connectivity index (χ1) is 32.3. The molecule has 0 N–H and O–H groups in total. The minimum Gasteiger partial charge on any atom is -0.294 e. The monoisotopic (exact) mass is 877 g/mol. The van der Waals surface area contributed by atoms with Gasteiger partial charge in [0.15, 0.2) is 0 Å². The van der Waals surface area contributed by atoms with Gasteiger partial charge in [0.1, 0.15) is 0 Å². The molecule has 0 saturated heterocycles. The van der Waals surface area contributed by atoms with Crippen molar-refractivity contribution < 1.29 is 0 Å². The summed E-state index contributed by atoms with van der Waals surface area (Å²) < 4.78 is 0. The molecule has 0 aliphatic heterocycles. The van der Waals surface area contributed by atoms with Gasteiger partial charge < -0.3 is 0 Å². The third-order valence-corrected chi connectivity index (χ3v) is 13.0. The Kier molecular flexibility index (Phi) is 18.0. The number of nitrogens with zero attached hydrogens (tertiary/aromatic N) is 6. The molecule has 0 spiro atoms. The van der Waals surface area contributed by atoms with Crippen molar-refractivity contribution in [2.75, 3.05) is 19.6 Å². The Labute approximate surface area is 396 Å². The quantitative estimate of drug-likeness (QED) is 0.0603. The van der Waals surface area contributed by atoms with Crippen LogP contribution in [0.4, 0.5) is 0 Å². The Bertz CT molecular complexity index is 2250. The van der Waals surface area contributed by atoms with Crippen LogP contribution in [0.5, 0.6) is 0 Å². The number of aryl methyl sites for hydroxylation is 3. The topological polar surface area (TPSA) is 48.4 Å². The molecule has 4 aromatic carbocycles. The van der Waals surface area contributed by atoms with Crippen LogP contribution in [0, 0.1) is 20.8 Å². The molecule has 0 saturated carbocycles. The third-order valence-electron chi connectivity index (χ3n) is 13.0. The van der Waals surface area contributed by atoms with E-state index in [4.69, 9.17) is 15.0 Å². The van der Waals surface area contributed by atoms with Crippen molar-refractivity contribution in [2.45, 2.75) is 119 Å². The van der Waals surface area contributed by atoms with E-state index >= 15 is 0 Å². The van der Waals surface area contributed by atoms with Gasteiger partial charge in [0.05, 0.1) is 0 Å². The average molecular weight is 877 g/mol. The zero-order chi connectivity index (χ0) is 46.1. The van der Waals surface area contributed by atoms with Crippen LogP contribution in [0.2, 0.25) is 0 Å². The number of pyridine rings is 3. The number of hydrogen-bond acceptors (Lipinski definition) is 6. The summed E-state index contributed by atoms with van der Waals surface area (Å²) >= 11 is 0. The van der Waals surface area contributed by atoms with Gasteiger partial charge in [0.25, 0.3) is 0 Å². The van der Waals surface area contributed by atoms with Crippen LogP contribution in [-0.2, 0) is 77.8 Å². The fourth-order valence-corrected chi connectivity index (χ4v) is 9.82. The predicted molar refractivity (Wildman–Crippen MR) is 274 cm³/mol. The smallest absolute Gasteiger partial charge is 0.0419 e. The molecule has 0 atom stereocenters. The van der Waals surface area contributed by atoms with Gasteiger partial charge in [-0.2, -0.15) is 0 Å². The van der Waals surface area contributed by atoms with Crippen molar-refractivity contribution in [3.05, 3.63) is 230 Å². The Morgan fingerprint density at radius 3 is 0.818 bits per heavy atom. The van der Waals surface area contributed by atoms with Crippen LogP contribution >= 0.6 is 0 Å². The van der Waals surface area contributed by atoms with Crippen LogP contribution < -0.4 is 0 Å². The van der Waals surface area contributed by atoms with E-state index in [1.54, 1.807) is 0 Å². The summed E-state index contributed by atoms with van der Waals surface area (Å²) in [6, 6.07) is 52.5. The highest BCUT2D eigenvalue weighted by atomic mass is 15.1. The lowest BCUT2D eigenvalue weighted by atomic mass is 9.82. The number of aromatic nitrogens is 3. The van der Waals surface area contributed by atoms with Gasteiger partial charge in [-0.05, 0) is 127 Å². The summed E-state index contributed by atoms with van der Waals surface area (Å²) in [5.74, 6) is 0. The average Bonchev–Trinajstić information content (AvgIpc) is 3.33. The summed E-state index contributed by atoms with van der Waals surface area (Å²) in [5.41, 5.74) is 19.9. The van der Waals surface area contributed by atoms with E-state index in [0.29, 0.717) is 0 Å². The van der Waals surface area contributed by atoms with E-state index in [1.165, 1.54) is 50.1 Å². The van der Waals surface area contributed by atoms with Crippen LogP contribution in [0.25, 0.3) is 0 Å². The number of benzene rings is 4. The zero-order valence-corrected chi connectivity index (χ0v) is 40.6. The van der Waals surface area contributed by atoms with Crippen molar-refractivity contribution in [3.8, 4) is 0 Å². The fourth-order valence-electron chi connectivity index (χ4n) is 9.82. The molecule has 342 valence electrons. The maximum atomic E-state index is 4.95. The van der Waals surface area contributed by atoms with Crippen molar-refractivity contribution in [2.24, 2.45) is 0 Å². The Morgan fingerprint density at radius 1 is 0.303 bits per heavy atom. The van der Waals surface area contributed by atoms with Crippen LogP contribution in [0.3, 0.4) is 0 Å². The molecule has 0 aliphatic rings. The van der Waals surface area contributed by atoms with Crippen LogP contribution in [0.15, 0.2) is 146 Å². The molecule has 3 aromatic heterocycles. The first kappa shape index (κ1) is 48.2. The summed E-state index contributed by atoms with van der Waals surface area (Å²) in [6.45, 7) is 21.5. The van der Waals surface area contributed by atoms with Gasteiger partial charge in [0.2, 0.25) is 0 Å². The third kappa shape index (κ3) is 13.9. The van der Waals surface area contributed by atoms with Gasteiger partial charge in [-0.3, -0.25) is 29.7 Å². The van der Waals surface area contributed by atoms with E-state index in [2.05, 4.69) is 202 Å². The highest BCUT2D eigenvalue weighted by Gasteiger charge is 2.26. The molecule has 3 heterocycles. The van der Waals surface area contributed by atoms with Gasteiger partial charge in [0, 0.05) is 112 Å². The van der Waals surface area contributed by atoms with Gasteiger partial charge in [-0.25, -0.2) is 0 Å². The maximum Gasteiger partial charge on any atom is 0.0419 e. The molecular formula is C60H72N6. The molecule has 7 aromatic rings. The van der Waals surface area contributed by atoms with Gasteiger partial charge in [-0.15, -0.1) is 0 Å². The molecule has 7 rings (SSSR count). The Hall–Kier alpha value is -5.79. The molecule has 6 heteroatoms. The minimum absolute atomic E-state index is 0.881. The standard InChI is InChI=1S/C60H72N6/c1-7-55-58(43-64(40-49-25-13-10-14-26-49)37-34-52-31-19-22-46(4)61-52)56(8-2)60(45-66(42-51-29-17-12-18-30-51)39-36-54-33-21-24-48(6)63-54)57(9-3)59(55)44-65(41-50-27-15-11-16-28-50)38-35-53-32-20-23-47(5)62-53/h10-33H,7-9,34-45H2,1-6H3. The lowest BCUT2D eigenvalue weighted by molar-refractivity contribution is 0.247. The molecule has 0 unspecified atom stereocenters. The van der Waals surface area contributed by atoms with Crippen LogP contribution in [0.1, 0.15) is 105 Å². The summed E-state index contributed by atoms with van der Waals surface area (Å²) in [5, 5.41) is 0. The summed E-state index contributed by atoms with van der Waals surface area (Å²) in [4.78, 5) is 23.0. The Morgan fingerprint density at radius 2 is 0.576 bits per heavy atom. The van der Waals surface area contributed by atoms with E-state index in [9.17, 15) is 0 Å². The largest absolute Gasteiger partial charge is 0.294 e. The first-order valence-corrected chi connectivity index (χ1v) is 24.5. The lowest BCUT2D eigenvalue weighted by Gasteiger charge is -2.34. The zero-order valence-electron chi connectivity index (χ0n) is 40.6. The van der Waals surface area contributed by atoms with Crippen molar-refractivity contribution in [3.63, 3.8) is 0 Å². The first-order valence-electron chi connectivity index (χ1n) is 24.5. The molecule has 66 heavy (non-hydrogen) atoms. The molecule has 0 fully saturated rings. The van der Waals surface area contributed by atoms with Crippen molar-refractivity contribution in [1.82, 2.24) is 29.7 Å². The molecule has 6 nitrogen and oxygen atoms in total. The predicted octanol–water partition coefficient (Wildman–Crippen LogP) is 12.2. The fraction of sp³-hybridized carbons (Fsp3) is 0.350. The van der Waals surface area contributed by atoms with Crippen LogP contribution in [-0.4, -0.2) is 49.3 Å². The summed E-state index contributed by atoms with van der Waals surface area (Å²) in [6.07, 6.45) is 5.65. The maximum absolute atomic E-state index is 4.95. The molecule has 0 amide bonds. The second-order valence-corrected chi connectivity index (χ2v) is 18.1.